The molecule has 1 aliphatic carbocycles. The minimum absolute atomic E-state index is 0.0374. The Morgan fingerprint density at radius 1 is 0.875 bits per heavy atom. The first-order valence-corrected chi connectivity index (χ1v) is 18.4. The van der Waals surface area contributed by atoms with Crippen LogP contribution in [0.15, 0.2) is 106 Å². The molecule has 4 aromatic rings. The Hall–Kier alpha value is -4.15. The highest BCUT2D eigenvalue weighted by atomic mass is 79.9. The van der Waals surface area contributed by atoms with Gasteiger partial charge in [-0.05, 0) is 79.8 Å². The van der Waals surface area contributed by atoms with Crippen molar-refractivity contribution in [3.63, 3.8) is 0 Å². The molecule has 1 N–H and O–H groups in total. The summed E-state index contributed by atoms with van der Waals surface area (Å²) in [5.74, 6) is -0.458. The number of sulfonamides is 1. The number of halogens is 1. The van der Waals surface area contributed by atoms with E-state index in [-0.39, 0.29) is 35.5 Å². The van der Waals surface area contributed by atoms with Crippen molar-refractivity contribution in [3.8, 4) is 5.75 Å². The van der Waals surface area contributed by atoms with Crippen LogP contribution in [0.4, 0.5) is 5.69 Å². The predicted octanol–water partition coefficient (Wildman–Crippen LogP) is 6.97. The largest absolute Gasteiger partial charge is 0.495 e. The van der Waals surface area contributed by atoms with Crippen molar-refractivity contribution in [1.82, 2.24) is 10.2 Å². The molecule has 0 spiro atoms. The number of nitrogens with zero attached hydrogens (tertiary/aromatic N) is 2. The van der Waals surface area contributed by atoms with Crippen LogP contribution in [0.25, 0.3) is 0 Å². The molecular weight excluding hydrogens is 690 g/mol. The summed E-state index contributed by atoms with van der Waals surface area (Å²) in [6, 6.07) is 28.0. The number of ether oxygens (including phenoxy) is 1. The van der Waals surface area contributed by atoms with Gasteiger partial charge in [0.1, 0.15) is 18.3 Å². The maximum Gasteiger partial charge on any atom is 0.264 e. The standard InChI is InChI=1S/C38H42BrN3O5S/c1-27-13-20-33(21-14-27)48(45,46)42(34-23-28(2)15-22-36(34)47-3)26-37(43)41(25-30-16-18-31(39)19-17-30)35(24-29-9-5-4-6-10-29)38(44)40-32-11-7-8-12-32/h4-6,9-10,13-23,32,35H,7-8,11-12,24-26H2,1-3H3,(H,40,44)/t35-/m1/s1. The number of amides is 2. The summed E-state index contributed by atoms with van der Waals surface area (Å²) in [6.45, 7) is 3.29. The van der Waals surface area contributed by atoms with Crippen LogP contribution in [0, 0.1) is 13.8 Å². The van der Waals surface area contributed by atoms with Gasteiger partial charge in [-0.2, -0.15) is 0 Å². The second-order valence-electron chi connectivity index (χ2n) is 12.3. The van der Waals surface area contributed by atoms with Crippen LogP contribution in [0.1, 0.15) is 47.9 Å². The van der Waals surface area contributed by atoms with Crippen molar-refractivity contribution in [2.24, 2.45) is 0 Å². The van der Waals surface area contributed by atoms with Crippen LogP contribution in [0.5, 0.6) is 5.75 Å². The summed E-state index contributed by atoms with van der Waals surface area (Å²) < 4.78 is 36.4. The van der Waals surface area contributed by atoms with Gasteiger partial charge < -0.3 is 15.0 Å². The number of nitrogens with one attached hydrogen (secondary N) is 1. The van der Waals surface area contributed by atoms with Gasteiger partial charge in [0, 0.05) is 23.5 Å². The number of aryl methyl sites for hydroxylation is 2. The van der Waals surface area contributed by atoms with E-state index >= 15 is 0 Å². The number of hydrogen-bond acceptors (Lipinski definition) is 5. The normalized spacial score (nSPS) is 13.9. The van der Waals surface area contributed by atoms with E-state index in [0.29, 0.717) is 5.75 Å². The lowest BCUT2D eigenvalue weighted by atomic mass is 10.0. The summed E-state index contributed by atoms with van der Waals surface area (Å²) in [5.41, 5.74) is 3.64. The van der Waals surface area contributed by atoms with Gasteiger partial charge in [-0.3, -0.25) is 13.9 Å². The monoisotopic (exact) mass is 731 g/mol. The first kappa shape index (κ1) is 35.2. The molecule has 1 saturated carbocycles. The molecule has 0 heterocycles. The summed E-state index contributed by atoms with van der Waals surface area (Å²) >= 11 is 3.48. The van der Waals surface area contributed by atoms with Crippen molar-refractivity contribution in [3.05, 3.63) is 124 Å². The Kier molecular flexibility index (Phi) is 11.6. The zero-order valence-electron chi connectivity index (χ0n) is 27.6. The van der Waals surface area contributed by atoms with E-state index in [1.165, 1.54) is 24.1 Å². The van der Waals surface area contributed by atoms with Gasteiger partial charge in [-0.25, -0.2) is 8.42 Å². The number of carbonyl (C=O) groups is 2. The molecular formula is C38H42BrN3O5S. The number of hydrogen-bond donors (Lipinski definition) is 1. The fourth-order valence-electron chi connectivity index (χ4n) is 6.05. The molecule has 0 aliphatic heterocycles. The van der Waals surface area contributed by atoms with Gasteiger partial charge in [0.2, 0.25) is 11.8 Å². The molecule has 0 bridgehead atoms. The molecule has 5 rings (SSSR count). The molecule has 0 saturated heterocycles. The van der Waals surface area contributed by atoms with E-state index in [1.54, 1.807) is 24.3 Å². The number of anilines is 1. The molecule has 252 valence electrons. The second kappa shape index (κ2) is 15.8. The number of methoxy groups -OCH3 is 1. The quantitative estimate of drug-likeness (QED) is 0.160. The Balaban J connectivity index is 1.60. The highest BCUT2D eigenvalue weighted by Crippen LogP contribution is 2.34. The van der Waals surface area contributed by atoms with E-state index in [9.17, 15) is 18.0 Å². The fraction of sp³-hybridized carbons (Fsp3) is 0.316. The average molecular weight is 733 g/mol. The summed E-state index contributed by atoms with van der Waals surface area (Å²) in [7, 11) is -2.78. The van der Waals surface area contributed by atoms with Crippen molar-refractivity contribution in [1.29, 1.82) is 0 Å². The zero-order valence-corrected chi connectivity index (χ0v) is 30.0. The lowest BCUT2D eigenvalue weighted by Crippen LogP contribution is -2.54. The molecule has 10 heteroatoms. The van der Waals surface area contributed by atoms with E-state index in [2.05, 4.69) is 21.2 Å². The van der Waals surface area contributed by atoms with Crippen molar-refractivity contribution < 1.29 is 22.7 Å². The molecule has 1 fully saturated rings. The third-order valence-corrected chi connectivity index (χ3v) is 11.0. The topological polar surface area (TPSA) is 96.0 Å². The van der Waals surface area contributed by atoms with Crippen molar-refractivity contribution in [2.75, 3.05) is 18.0 Å². The van der Waals surface area contributed by atoms with Crippen LogP contribution in [-0.4, -0.2) is 50.9 Å². The maximum atomic E-state index is 14.8. The fourth-order valence-corrected chi connectivity index (χ4v) is 7.73. The lowest BCUT2D eigenvalue weighted by Gasteiger charge is -2.34. The van der Waals surface area contributed by atoms with Gasteiger partial charge in [0.05, 0.1) is 17.7 Å². The van der Waals surface area contributed by atoms with Gasteiger partial charge in [-0.15, -0.1) is 0 Å². The van der Waals surface area contributed by atoms with Gasteiger partial charge in [-0.1, -0.05) is 95.0 Å². The van der Waals surface area contributed by atoms with Crippen molar-refractivity contribution in [2.45, 2.75) is 69.5 Å². The number of benzene rings is 4. The molecule has 8 nitrogen and oxygen atoms in total. The van der Waals surface area contributed by atoms with E-state index < -0.39 is 28.5 Å². The summed E-state index contributed by atoms with van der Waals surface area (Å²) in [6.07, 6.45) is 4.13. The summed E-state index contributed by atoms with van der Waals surface area (Å²) in [5, 5.41) is 3.21. The highest BCUT2D eigenvalue weighted by Gasteiger charge is 2.36. The smallest absolute Gasteiger partial charge is 0.264 e. The van der Waals surface area contributed by atoms with Crippen LogP contribution in [0.3, 0.4) is 0 Å². The first-order valence-electron chi connectivity index (χ1n) is 16.2. The molecule has 0 aromatic heterocycles. The Bertz CT molecular complexity index is 1810. The molecule has 4 aromatic carbocycles. The molecule has 48 heavy (non-hydrogen) atoms. The Morgan fingerprint density at radius 2 is 1.52 bits per heavy atom. The highest BCUT2D eigenvalue weighted by molar-refractivity contribution is 9.10. The Labute approximate surface area is 292 Å². The van der Waals surface area contributed by atoms with Gasteiger partial charge in [0.15, 0.2) is 0 Å². The second-order valence-corrected chi connectivity index (χ2v) is 15.1. The predicted molar refractivity (Wildman–Crippen MR) is 192 cm³/mol. The van der Waals surface area contributed by atoms with Crippen LogP contribution < -0.4 is 14.4 Å². The van der Waals surface area contributed by atoms with Crippen molar-refractivity contribution >= 4 is 43.5 Å². The molecule has 1 aliphatic rings. The summed E-state index contributed by atoms with van der Waals surface area (Å²) in [4.78, 5) is 30.5. The molecule has 0 radical (unpaired) electrons. The van der Waals surface area contributed by atoms with Gasteiger partial charge in [0.25, 0.3) is 10.0 Å². The SMILES string of the molecule is COc1ccc(C)cc1N(CC(=O)N(Cc1ccc(Br)cc1)[C@H](Cc1ccccc1)C(=O)NC1CCCC1)S(=O)(=O)c1ccc(C)cc1. The van der Waals surface area contributed by atoms with E-state index in [1.807, 2.05) is 74.5 Å². The Morgan fingerprint density at radius 3 is 2.17 bits per heavy atom. The average Bonchev–Trinajstić information content (AvgIpc) is 3.59. The van der Waals surface area contributed by atoms with E-state index in [4.69, 9.17) is 4.74 Å². The molecule has 1 atom stereocenters. The third kappa shape index (κ3) is 8.65. The lowest BCUT2D eigenvalue weighted by molar-refractivity contribution is -0.140. The van der Waals surface area contributed by atoms with Crippen LogP contribution >= 0.6 is 15.9 Å². The van der Waals surface area contributed by atoms with Crippen LogP contribution in [-0.2, 0) is 32.6 Å². The van der Waals surface area contributed by atoms with Crippen LogP contribution in [0.2, 0.25) is 0 Å². The first-order chi connectivity index (χ1) is 23.0. The zero-order chi connectivity index (χ0) is 34.3. The molecule has 2 amide bonds. The van der Waals surface area contributed by atoms with Gasteiger partial charge >= 0.3 is 0 Å². The minimum Gasteiger partial charge on any atom is -0.495 e. The van der Waals surface area contributed by atoms with E-state index in [0.717, 1.165) is 56.7 Å². The number of carbonyl (C=O) groups excluding carboxylic acids is 2. The maximum absolute atomic E-state index is 14.8. The third-order valence-electron chi connectivity index (χ3n) is 8.73. The minimum atomic E-state index is -4.25. The number of rotatable bonds is 13. The molecule has 0 unspecified atom stereocenters.